The maximum atomic E-state index is 12.5. The lowest BCUT2D eigenvalue weighted by atomic mass is 10.1. The first-order valence-corrected chi connectivity index (χ1v) is 11.7. The molecular weight excluding hydrogens is 446 g/mol. The molecule has 180 valence electrons. The largest absolute Gasteiger partial charge is 0.444 e. The van der Waals surface area contributed by atoms with E-state index in [0.717, 1.165) is 0 Å². The van der Waals surface area contributed by atoms with Gasteiger partial charge in [-0.05, 0) is 42.5 Å². The number of aromatic nitrogens is 1. The normalized spacial score (nSPS) is 16.6. The number of pyridine rings is 1. The van der Waals surface area contributed by atoms with Gasteiger partial charge in [0.2, 0.25) is 0 Å². The molecule has 1 fully saturated rings. The van der Waals surface area contributed by atoms with E-state index in [1.165, 1.54) is 26.9 Å². The highest BCUT2D eigenvalue weighted by atomic mass is 16.6. The van der Waals surface area contributed by atoms with E-state index in [2.05, 4.69) is 13.8 Å². The van der Waals surface area contributed by atoms with Crippen LogP contribution in [-0.4, -0.2) is 46.6 Å². The zero-order valence-electron chi connectivity index (χ0n) is 19.7. The summed E-state index contributed by atoms with van der Waals surface area (Å²) in [7, 11) is 0. The third kappa shape index (κ3) is 4.87. The number of anilines is 1. The molecule has 1 aromatic heterocycles. The molecule has 0 saturated carbocycles. The lowest BCUT2D eigenvalue weighted by Gasteiger charge is -2.16. The maximum Gasteiger partial charge on any atom is 0.414 e. The Bertz CT molecular complexity index is 1260. The van der Waals surface area contributed by atoms with Crippen LogP contribution >= 0.6 is 0 Å². The number of ether oxygens (including phenoxy) is 1. The van der Waals surface area contributed by atoms with Gasteiger partial charge in [-0.25, -0.2) is 4.79 Å². The number of nitrogens with zero attached hydrogens (tertiary/aromatic N) is 3. The first-order chi connectivity index (χ1) is 16.9. The van der Waals surface area contributed by atoms with Gasteiger partial charge >= 0.3 is 6.09 Å². The van der Waals surface area contributed by atoms with Gasteiger partial charge in [-0.1, -0.05) is 38.5 Å². The van der Waals surface area contributed by atoms with E-state index in [9.17, 15) is 19.2 Å². The zero-order chi connectivity index (χ0) is 24.9. The van der Waals surface area contributed by atoms with E-state index in [-0.39, 0.29) is 23.9 Å². The fourth-order valence-electron chi connectivity index (χ4n) is 4.03. The molecular formula is C27H27N3O5. The highest BCUT2D eigenvalue weighted by Gasteiger charge is 2.37. The molecule has 2 aliphatic rings. The lowest BCUT2D eigenvalue weighted by Crippen LogP contribution is -2.33. The molecule has 1 saturated heterocycles. The summed E-state index contributed by atoms with van der Waals surface area (Å²) in [6, 6.07) is 18.7. The van der Waals surface area contributed by atoms with Crippen molar-refractivity contribution in [1.82, 2.24) is 9.47 Å². The molecule has 0 unspecified atom stereocenters. The number of hydrogen-bond acceptors (Lipinski definition) is 5. The minimum absolute atomic E-state index is 0.144. The van der Waals surface area contributed by atoms with Gasteiger partial charge in [-0.3, -0.25) is 28.8 Å². The number of cyclic esters (lactones) is 1. The summed E-state index contributed by atoms with van der Waals surface area (Å²) >= 11 is 0. The number of fused-ring (bicyclic) bond motifs is 1. The molecule has 3 aromatic rings. The molecule has 2 aliphatic heterocycles. The van der Waals surface area contributed by atoms with E-state index in [4.69, 9.17) is 4.74 Å². The summed E-state index contributed by atoms with van der Waals surface area (Å²) in [6.07, 6.45) is 2.35. The smallest absolute Gasteiger partial charge is 0.414 e. The predicted molar refractivity (Wildman–Crippen MR) is 132 cm³/mol. The minimum Gasteiger partial charge on any atom is -0.444 e. The Kier molecular flexibility index (Phi) is 7.10. The number of rotatable bonds is 5. The highest BCUT2D eigenvalue weighted by molar-refractivity contribution is 6.21. The molecule has 8 heteroatoms. The van der Waals surface area contributed by atoms with Gasteiger partial charge in [0.05, 0.1) is 17.7 Å². The lowest BCUT2D eigenvalue weighted by molar-refractivity contribution is 0.0628. The SMILES string of the molecule is CCC.O=C1c2ccccc2C(=O)N1CC[C@H]1CN(c2ccc(-n3ccccc3=O)cc2)C(=O)O1. The number of imide groups is 1. The number of carbonyl (C=O) groups excluding carboxylic acids is 3. The molecule has 2 aromatic carbocycles. The molecule has 1 atom stereocenters. The second-order valence-corrected chi connectivity index (χ2v) is 8.34. The number of benzene rings is 2. The van der Waals surface area contributed by atoms with Crippen LogP contribution in [0.5, 0.6) is 0 Å². The summed E-state index contributed by atoms with van der Waals surface area (Å²) < 4.78 is 6.96. The third-order valence-electron chi connectivity index (χ3n) is 5.69. The number of hydrogen-bond donors (Lipinski definition) is 0. The molecule has 0 bridgehead atoms. The molecule has 5 rings (SSSR count). The van der Waals surface area contributed by atoms with Crippen LogP contribution in [-0.2, 0) is 4.74 Å². The van der Waals surface area contributed by atoms with Gasteiger partial charge in [0.25, 0.3) is 17.4 Å². The van der Waals surface area contributed by atoms with Crippen LogP contribution in [0, 0.1) is 0 Å². The molecule has 0 spiro atoms. The fraction of sp³-hybridized carbons (Fsp3) is 0.259. The van der Waals surface area contributed by atoms with Crippen LogP contribution in [0.3, 0.4) is 0 Å². The second-order valence-electron chi connectivity index (χ2n) is 8.34. The average molecular weight is 474 g/mol. The van der Waals surface area contributed by atoms with Crippen LogP contribution < -0.4 is 10.5 Å². The van der Waals surface area contributed by atoms with E-state index >= 15 is 0 Å². The average Bonchev–Trinajstić information content (AvgIpc) is 3.35. The van der Waals surface area contributed by atoms with Crippen molar-refractivity contribution in [3.05, 3.63) is 94.4 Å². The van der Waals surface area contributed by atoms with Crippen molar-refractivity contribution in [3.63, 3.8) is 0 Å². The van der Waals surface area contributed by atoms with Crippen molar-refractivity contribution in [2.45, 2.75) is 32.8 Å². The fourth-order valence-corrected chi connectivity index (χ4v) is 4.03. The van der Waals surface area contributed by atoms with Crippen molar-refractivity contribution < 1.29 is 19.1 Å². The Hall–Kier alpha value is -4.20. The number of amides is 3. The molecule has 35 heavy (non-hydrogen) atoms. The third-order valence-corrected chi connectivity index (χ3v) is 5.69. The van der Waals surface area contributed by atoms with Crippen LogP contribution in [0.4, 0.5) is 10.5 Å². The van der Waals surface area contributed by atoms with E-state index < -0.39 is 12.2 Å². The molecule has 0 N–H and O–H groups in total. The monoisotopic (exact) mass is 473 g/mol. The Morgan fingerprint density at radius 1 is 0.800 bits per heavy atom. The molecule has 3 heterocycles. The first kappa shape index (κ1) is 23.9. The Labute approximate surface area is 203 Å². The summed E-state index contributed by atoms with van der Waals surface area (Å²) in [5.41, 5.74) is 1.99. The second kappa shape index (κ2) is 10.4. The highest BCUT2D eigenvalue weighted by Crippen LogP contribution is 2.26. The standard InChI is InChI=1S/C24H19N3O5.C3H8/c28-21-7-3-4-13-25(21)16-8-10-17(11-9-16)27-15-18(32-24(27)31)12-14-26-22(29)19-5-1-2-6-20(19)23(26)30;1-3-2/h1-11,13,18H,12,14-15H2;3H2,1-2H3/t18-;/m0./s1. The predicted octanol–water partition coefficient (Wildman–Crippen LogP) is 4.27. The Balaban J connectivity index is 0.000000917. The van der Waals surface area contributed by atoms with Crippen LogP contribution in [0.25, 0.3) is 5.69 Å². The van der Waals surface area contributed by atoms with Gasteiger partial charge in [0, 0.05) is 36.6 Å². The minimum atomic E-state index is -0.484. The number of carbonyl (C=O) groups is 3. The van der Waals surface area contributed by atoms with E-state index in [1.54, 1.807) is 66.9 Å². The van der Waals surface area contributed by atoms with Crippen LogP contribution in [0.2, 0.25) is 0 Å². The molecule has 3 amide bonds. The quantitative estimate of drug-likeness (QED) is 0.517. The van der Waals surface area contributed by atoms with Gasteiger partial charge in [0.15, 0.2) is 0 Å². The van der Waals surface area contributed by atoms with Crippen molar-refractivity contribution in [1.29, 1.82) is 0 Å². The van der Waals surface area contributed by atoms with Crippen LogP contribution in [0.1, 0.15) is 47.4 Å². The summed E-state index contributed by atoms with van der Waals surface area (Å²) in [4.78, 5) is 52.1. The van der Waals surface area contributed by atoms with Gasteiger partial charge in [-0.2, -0.15) is 0 Å². The van der Waals surface area contributed by atoms with Gasteiger partial charge < -0.3 is 4.74 Å². The van der Waals surface area contributed by atoms with E-state index in [1.807, 2.05) is 0 Å². The van der Waals surface area contributed by atoms with Crippen molar-refractivity contribution in [2.24, 2.45) is 0 Å². The molecule has 0 radical (unpaired) electrons. The van der Waals surface area contributed by atoms with Crippen molar-refractivity contribution in [3.8, 4) is 5.69 Å². The van der Waals surface area contributed by atoms with Gasteiger partial charge in [0.1, 0.15) is 6.10 Å². The van der Waals surface area contributed by atoms with Crippen LogP contribution in [0.15, 0.2) is 77.7 Å². The van der Waals surface area contributed by atoms with E-state index in [0.29, 0.717) is 35.5 Å². The Morgan fingerprint density at radius 2 is 1.37 bits per heavy atom. The van der Waals surface area contributed by atoms with Crippen molar-refractivity contribution in [2.75, 3.05) is 18.0 Å². The summed E-state index contributed by atoms with van der Waals surface area (Å²) in [5, 5.41) is 0. The molecule has 8 nitrogen and oxygen atoms in total. The maximum absolute atomic E-state index is 12.5. The van der Waals surface area contributed by atoms with Crippen molar-refractivity contribution >= 4 is 23.6 Å². The summed E-state index contributed by atoms with van der Waals surface area (Å²) in [6.45, 7) is 4.74. The Morgan fingerprint density at radius 3 is 1.97 bits per heavy atom. The van der Waals surface area contributed by atoms with Gasteiger partial charge in [-0.15, -0.1) is 0 Å². The summed E-state index contributed by atoms with van der Waals surface area (Å²) in [5.74, 6) is -0.642. The first-order valence-electron chi connectivity index (χ1n) is 11.7. The molecule has 0 aliphatic carbocycles. The zero-order valence-corrected chi connectivity index (χ0v) is 19.7. The topological polar surface area (TPSA) is 88.9 Å².